The predicted molar refractivity (Wildman–Crippen MR) is 59.2 cm³/mol. The maximum Gasteiger partial charge on any atom is 0.159 e. The van der Waals surface area contributed by atoms with E-state index in [-0.39, 0.29) is 0 Å². The summed E-state index contributed by atoms with van der Waals surface area (Å²) >= 11 is 0. The Bertz CT molecular complexity index is 448. The van der Waals surface area contributed by atoms with Crippen molar-refractivity contribution in [2.75, 3.05) is 0 Å². The largest absolute Gasteiger partial charge is 0.323 e. The minimum Gasteiger partial charge on any atom is -0.323 e. The molecule has 2 rings (SSSR count). The molecule has 0 unspecified atom stereocenters. The van der Waals surface area contributed by atoms with E-state index in [9.17, 15) is 0 Å². The number of nitrogens with two attached hydrogens (primary N) is 1. The molecule has 0 atom stereocenters. The highest BCUT2D eigenvalue weighted by Gasteiger charge is 1.98. The summed E-state index contributed by atoms with van der Waals surface area (Å²) in [5.74, 6) is 5.77. The van der Waals surface area contributed by atoms with E-state index in [0.29, 0.717) is 5.82 Å². The van der Waals surface area contributed by atoms with E-state index in [2.05, 4.69) is 15.1 Å². The molecule has 0 aliphatic rings. The first-order valence-corrected chi connectivity index (χ1v) is 4.51. The monoisotopic (exact) mass is 198 g/mol. The van der Waals surface area contributed by atoms with Gasteiger partial charge < -0.3 is 5.84 Å². The van der Waals surface area contributed by atoms with Crippen molar-refractivity contribution in [1.29, 1.82) is 0 Å². The molecule has 1 heterocycles. The van der Waals surface area contributed by atoms with Gasteiger partial charge in [-0.1, -0.05) is 24.3 Å². The summed E-state index contributed by atoms with van der Waals surface area (Å²) < 4.78 is 0. The lowest BCUT2D eigenvalue weighted by molar-refractivity contribution is 1.18. The fourth-order valence-corrected chi connectivity index (χ4v) is 1.25. The van der Waals surface area contributed by atoms with Crippen LogP contribution in [-0.2, 0) is 0 Å². The molecule has 0 fully saturated rings. The molecule has 1 aromatic heterocycles. The molecule has 4 heteroatoms. The van der Waals surface area contributed by atoms with E-state index < -0.39 is 0 Å². The van der Waals surface area contributed by atoms with Crippen molar-refractivity contribution in [1.82, 2.24) is 9.97 Å². The highest BCUT2D eigenvalue weighted by Crippen LogP contribution is 2.13. The highest BCUT2D eigenvalue weighted by atomic mass is 15.1. The van der Waals surface area contributed by atoms with E-state index in [0.717, 1.165) is 11.1 Å². The number of hydrazone groups is 1. The molecule has 1 aromatic carbocycles. The summed E-state index contributed by atoms with van der Waals surface area (Å²) in [6.45, 7) is 0. The first-order chi connectivity index (χ1) is 7.40. The molecule has 0 aliphatic carbocycles. The molecule has 0 aliphatic heterocycles. The Morgan fingerprint density at radius 2 is 1.73 bits per heavy atom. The Balaban J connectivity index is 2.32. The van der Waals surface area contributed by atoms with Gasteiger partial charge in [0.25, 0.3) is 0 Å². The zero-order valence-electron chi connectivity index (χ0n) is 8.04. The van der Waals surface area contributed by atoms with Crippen LogP contribution in [0.4, 0.5) is 0 Å². The minimum absolute atomic E-state index is 0.716. The molecule has 0 amide bonds. The van der Waals surface area contributed by atoms with Gasteiger partial charge in [0.1, 0.15) is 0 Å². The third kappa shape index (κ3) is 2.17. The van der Waals surface area contributed by atoms with Crippen LogP contribution in [0.25, 0.3) is 11.4 Å². The number of nitrogens with zero attached hydrogens (tertiary/aromatic N) is 3. The van der Waals surface area contributed by atoms with Crippen molar-refractivity contribution in [2.45, 2.75) is 0 Å². The van der Waals surface area contributed by atoms with Crippen LogP contribution in [0.1, 0.15) is 5.56 Å². The van der Waals surface area contributed by atoms with Gasteiger partial charge in [-0.05, 0) is 11.6 Å². The van der Waals surface area contributed by atoms with Crippen molar-refractivity contribution in [3.63, 3.8) is 0 Å². The summed E-state index contributed by atoms with van der Waals surface area (Å²) in [6.07, 6.45) is 5.03. The number of hydrogen-bond acceptors (Lipinski definition) is 4. The number of rotatable bonds is 2. The highest BCUT2D eigenvalue weighted by molar-refractivity contribution is 5.80. The van der Waals surface area contributed by atoms with Gasteiger partial charge in [0.05, 0.1) is 6.21 Å². The van der Waals surface area contributed by atoms with Gasteiger partial charge in [0.15, 0.2) is 5.82 Å². The fraction of sp³-hybridized carbons (Fsp3) is 0. The van der Waals surface area contributed by atoms with E-state index in [1.54, 1.807) is 24.7 Å². The Morgan fingerprint density at radius 1 is 1.07 bits per heavy atom. The number of aromatic nitrogens is 2. The summed E-state index contributed by atoms with van der Waals surface area (Å²) in [7, 11) is 0. The SMILES string of the molecule is NN=Cc1ccc(-c2ncccn2)cc1. The molecule has 0 bridgehead atoms. The van der Waals surface area contributed by atoms with E-state index in [4.69, 9.17) is 5.84 Å². The summed E-state index contributed by atoms with van der Waals surface area (Å²) in [5, 5.41) is 3.45. The van der Waals surface area contributed by atoms with Gasteiger partial charge in [0.2, 0.25) is 0 Å². The Labute approximate surface area is 87.5 Å². The normalized spacial score (nSPS) is 10.7. The molecule has 2 N–H and O–H groups in total. The topological polar surface area (TPSA) is 64.2 Å². The Hall–Kier alpha value is -2.23. The van der Waals surface area contributed by atoms with Crippen LogP contribution in [0.15, 0.2) is 47.8 Å². The fourth-order valence-electron chi connectivity index (χ4n) is 1.25. The lowest BCUT2D eigenvalue weighted by Crippen LogP contribution is -1.89. The average molecular weight is 198 g/mol. The molecular weight excluding hydrogens is 188 g/mol. The van der Waals surface area contributed by atoms with Gasteiger partial charge in [-0.15, -0.1) is 0 Å². The standard InChI is InChI=1S/C11H10N4/c12-15-8-9-2-4-10(5-3-9)11-13-6-1-7-14-11/h1-8H,12H2. The minimum atomic E-state index is 0.716. The summed E-state index contributed by atoms with van der Waals surface area (Å²) in [6, 6.07) is 9.50. The van der Waals surface area contributed by atoms with Gasteiger partial charge in [-0.25, -0.2) is 9.97 Å². The first-order valence-electron chi connectivity index (χ1n) is 4.51. The average Bonchev–Trinajstić information content (AvgIpc) is 2.32. The first kappa shape index (κ1) is 9.33. The second-order valence-electron chi connectivity index (χ2n) is 2.97. The van der Waals surface area contributed by atoms with E-state index >= 15 is 0 Å². The summed E-state index contributed by atoms with van der Waals surface area (Å²) in [5.41, 5.74) is 1.93. The van der Waals surface area contributed by atoms with Crippen LogP contribution >= 0.6 is 0 Å². The quantitative estimate of drug-likeness (QED) is 0.451. The van der Waals surface area contributed by atoms with Crippen LogP contribution < -0.4 is 5.84 Å². The second kappa shape index (κ2) is 4.32. The molecule has 15 heavy (non-hydrogen) atoms. The molecule has 0 radical (unpaired) electrons. The third-order valence-electron chi connectivity index (χ3n) is 1.96. The smallest absolute Gasteiger partial charge is 0.159 e. The van der Waals surface area contributed by atoms with E-state index in [1.165, 1.54) is 0 Å². The van der Waals surface area contributed by atoms with Crippen LogP contribution in [0.2, 0.25) is 0 Å². The van der Waals surface area contributed by atoms with Gasteiger partial charge >= 0.3 is 0 Å². The van der Waals surface area contributed by atoms with Crippen LogP contribution in [0.5, 0.6) is 0 Å². The maximum absolute atomic E-state index is 5.05. The number of benzene rings is 1. The third-order valence-corrected chi connectivity index (χ3v) is 1.96. The van der Waals surface area contributed by atoms with Crippen LogP contribution in [0.3, 0.4) is 0 Å². The molecule has 0 saturated carbocycles. The predicted octanol–water partition coefficient (Wildman–Crippen LogP) is 1.44. The molecule has 2 aromatic rings. The van der Waals surface area contributed by atoms with Crippen molar-refractivity contribution in [3.05, 3.63) is 48.3 Å². The molecule has 0 spiro atoms. The van der Waals surface area contributed by atoms with Crippen LogP contribution in [-0.4, -0.2) is 16.2 Å². The van der Waals surface area contributed by atoms with Gasteiger partial charge in [0, 0.05) is 18.0 Å². The van der Waals surface area contributed by atoms with Crippen molar-refractivity contribution in [3.8, 4) is 11.4 Å². The van der Waals surface area contributed by atoms with Crippen LogP contribution in [0, 0.1) is 0 Å². The van der Waals surface area contributed by atoms with Crippen molar-refractivity contribution >= 4 is 6.21 Å². The zero-order valence-corrected chi connectivity index (χ0v) is 8.04. The zero-order chi connectivity index (χ0) is 10.5. The van der Waals surface area contributed by atoms with Crippen molar-refractivity contribution in [2.24, 2.45) is 10.9 Å². The van der Waals surface area contributed by atoms with E-state index in [1.807, 2.05) is 24.3 Å². The molecule has 0 saturated heterocycles. The molecular formula is C11H10N4. The summed E-state index contributed by atoms with van der Waals surface area (Å²) in [4.78, 5) is 8.31. The lowest BCUT2D eigenvalue weighted by atomic mass is 10.1. The maximum atomic E-state index is 5.05. The second-order valence-corrected chi connectivity index (χ2v) is 2.97. The molecule has 74 valence electrons. The van der Waals surface area contributed by atoms with Crippen molar-refractivity contribution < 1.29 is 0 Å². The Kier molecular flexibility index (Phi) is 2.69. The molecule has 4 nitrogen and oxygen atoms in total. The number of hydrogen-bond donors (Lipinski definition) is 1. The van der Waals surface area contributed by atoms with Gasteiger partial charge in [-0.2, -0.15) is 5.10 Å². The lowest BCUT2D eigenvalue weighted by Gasteiger charge is -1.98. The Morgan fingerprint density at radius 3 is 2.33 bits per heavy atom. The van der Waals surface area contributed by atoms with Gasteiger partial charge in [-0.3, -0.25) is 0 Å².